The van der Waals surface area contributed by atoms with E-state index in [1.807, 2.05) is 6.07 Å². The number of rotatable bonds is 5. The van der Waals surface area contributed by atoms with Gasteiger partial charge in [-0.1, -0.05) is 23.6 Å². The second-order valence-electron chi connectivity index (χ2n) is 5.70. The Morgan fingerprint density at radius 1 is 1.36 bits per heavy atom. The van der Waals surface area contributed by atoms with Crippen LogP contribution < -0.4 is 10.6 Å². The highest BCUT2D eigenvalue weighted by atomic mass is 79.9. The number of amides is 2. The van der Waals surface area contributed by atoms with Crippen LogP contribution in [0.3, 0.4) is 0 Å². The number of hydrogen-bond acceptors (Lipinski definition) is 4. The molecule has 0 aliphatic rings. The summed E-state index contributed by atoms with van der Waals surface area (Å²) in [6.45, 7) is 1.66. The zero-order valence-corrected chi connectivity index (χ0v) is 17.2. The minimum atomic E-state index is -0.935. The molecule has 0 aliphatic heterocycles. The van der Waals surface area contributed by atoms with E-state index in [0.29, 0.717) is 11.3 Å². The summed E-state index contributed by atoms with van der Waals surface area (Å²) in [6.07, 6.45) is 5.06. The van der Waals surface area contributed by atoms with Gasteiger partial charge in [-0.25, -0.2) is 0 Å². The Balaban J connectivity index is 2.38. The van der Waals surface area contributed by atoms with Crippen LogP contribution in [0, 0.1) is 30.6 Å². The van der Waals surface area contributed by atoms with Gasteiger partial charge in [-0.2, -0.15) is 5.26 Å². The fourth-order valence-electron chi connectivity index (χ4n) is 2.40. The van der Waals surface area contributed by atoms with Crippen LogP contribution in [0.5, 0.6) is 0 Å². The second kappa shape index (κ2) is 8.75. The van der Waals surface area contributed by atoms with Gasteiger partial charge in [0.1, 0.15) is 5.69 Å². The first-order valence-corrected chi connectivity index (χ1v) is 9.01. The lowest BCUT2D eigenvalue weighted by atomic mass is 10.1. The van der Waals surface area contributed by atoms with E-state index in [-0.39, 0.29) is 27.4 Å². The monoisotopic (exact) mass is 460 g/mol. The molecular weight excluding hydrogens is 448 g/mol. The minimum Gasteiger partial charge on any atom is -0.338 e. The van der Waals surface area contributed by atoms with Crippen molar-refractivity contribution >= 4 is 50.8 Å². The molecule has 2 rings (SSSR count). The van der Waals surface area contributed by atoms with Gasteiger partial charge >= 0.3 is 0 Å². The number of hydrogen-bond donors (Lipinski definition) is 2. The van der Waals surface area contributed by atoms with Gasteiger partial charge in [0.05, 0.1) is 33.4 Å². The molecule has 2 amide bonds. The van der Waals surface area contributed by atoms with E-state index in [2.05, 4.69) is 32.5 Å². The Morgan fingerprint density at radius 3 is 2.64 bits per heavy atom. The molecule has 0 saturated carbocycles. The van der Waals surface area contributed by atoms with Gasteiger partial charge in [-0.3, -0.25) is 14.4 Å². The number of halogens is 2. The molecule has 0 fully saturated rings. The molecule has 1 aromatic heterocycles. The van der Waals surface area contributed by atoms with Crippen LogP contribution >= 0.6 is 27.5 Å². The van der Waals surface area contributed by atoms with E-state index >= 15 is 0 Å². The average molecular weight is 462 g/mol. The van der Waals surface area contributed by atoms with Crippen molar-refractivity contribution in [1.29, 1.82) is 5.26 Å². The zero-order chi connectivity index (χ0) is 21.0. The van der Waals surface area contributed by atoms with Crippen molar-refractivity contribution in [3.63, 3.8) is 0 Å². The first kappa shape index (κ1) is 21.2. The van der Waals surface area contributed by atoms with Crippen molar-refractivity contribution in [3.05, 3.63) is 50.2 Å². The lowest BCUT2D eigenvalue weighted by Crippen LogP contribution is -2.31. The third kappa shape index (κ3) is 4.09. The van der Waals surface area contributed by atoms with Crippen molar-refractivity contribution in [2.45, 2.75) is 6.92 Å². The van der Waals surface area contributed by atoms with Gasteiger partial charge < -0.3 is 15.2 Å². The number of aryl methyl sites for hydroxylation is 1. The van der Waals surface area contributed by atoms with Crippen molar-refractivity contribution in [3.8, 4) is 18.4 Å². The van der Waals surface area contributed by atoms with E-state index in [9.17, 15) is 14.4 Å². The Hall–Kier alpha value is -3.07. The largest absolute Gasteiger partial charge is 0.338 e. The molecule has 0 aliphatic carbocycles. The highest BCUT2D eigenvalue weighted by molar-refractivity contribution is 9.10. The van der Waals surface area contributed by atoms with E-state index in [1.54, 1.807) is 19.1 Å². The lowest BCUT2D eigenvalue weighted by molar-refractivity contribution is -0.116. The number of nitriles is 1. The molecular formula is C19H14BrClN4O3. The maximum Gasteiger partial charge on any atom is 0.293 e. The van der Waals surface area contributed by atoms with Crippen molar-refractivity contribution in [1.82, 2.24) is 9.88 Å². The summed E-state index contributed by atoms with van der Waals surface area (Å²) < 4.78 is 1.52. The summed E-state index contributed by atoms with van der Waals surface area (Å²) in [4.78, 5) is 37.0. The van der Waals surface area contributed by atoms with Crippen LogP contribution in [0.25, 0.3) is 0 Å². The van der Waals surface area contributed by atoms with Crippen LogP contribution in [-0.4, -0.2) is 28.7 Å². The number of benzene rings is 1. The number of carbonyl (C=O) groups is 3. The number of terminal acetylenes is 1. The standard InChI is InChI=1S/C19H14BrClN4O3/c1-4-7-23-19(28)16(26)13-14(21)15(25(3)17(13)20)18(27)24-12-6-5-10(2)11(8-12)9-22/h1,5-6,8H,7H2,2-3H3,(H,23,28)(H,24,27). The molecule has 142 valence electrons. The molecule has 0 bridgehead atoms. The second-order valence-corrected chi connectivity index (χ2v) is 6.83. The molecule has 0 unspecified atom stereocenters. The van der Waals surface area contributed by atoms with Gasteiger partial charge in [-0.05, 0) is 40.5 Å². The third-order valence-corrected chi connectivity index (χ3v) is 5.18. The topological polar surface area (TPSA) is 104 Å². The Labute approximate surface area is 174 Å². The Bertz CT molecular complexity index is 1080. The zero-order valence-electron chi connectivity index (χ0n) is 14.9. The number of anilines is 1. The molecule has 0 spiro atoms. The molecule has 0 atom stereocenters. The normalized spacial score (nSPS) is 9.93. The van der Waals surface area contributed by atoms with Crippen molar-refractivity contribution in [2.24, 2.45) is 7.05 Å². The molecule has 9 heteroatoms. The smallest absolute Gasteiger partial charge is 0.293 e. The minimum absolute atomic E-state index is 0.0271. The van der Waals surface area contributed by atoms with Gasteiger partial charge in [-0.15, -0.1) is 6.42 Å². The quantitative estimate of drug-likeness (QED) is 0.406. The van der Waals surface area contributed by atoms with Crippen LogP contribution in [0.2, 0.25) is 5.02 Å². The fourth-order valence-corrected chi connectivity index (χ4v) is 3.46. The number of ketones is 1. The van der Waals surface area contributed by atoms with Gasteiger partial charge in [0.2, 0.25) is 0 Å². The summed E-state index contributed by atoms with van der Waals surface area (Å²) in [5.74, 6) is -0.281. The SMILES string of the molecule is C#CCNC(=O)C(=O)c1c(Cl)c(C(=O)Nc2ccc(C)c(C#N)c2)n(C)c1Br. The van der Waals surface area contributed by atoms with Crippen LogP contribution in [0.1, 0.15) is 32.0 Å². The average Bonchev–Trinajstić information content (AvgIpc) is 2.89. The van der Waals surface area contributed by atoms with Crippen LogP contribution in [0.4, 0.5) is 5.69 Å². The first-order valence-electron chi connectivity index (χ1n) is 7.84. The van der Waals surface area contributed by atoms with E-state index in [1.165, 1.54) is 17.7 Å². The molecule has 0 saturated heterocycles. The third-order valence-electron chi connectivity index (χ3n) is 3.88. The highest BCUT2D eigenvalue weighted by Crippen LogP contribution is 2.32. The molecule has 2 aromatic rings. The van der Waals surface area contributed by atoms with Gasteiger partial charge in [0, 0.05) is 12.7 Å². The van der Waals surface area contributed by atoms with Crippen LogP contribution in [-0.2, 0) is 11.8 Å². The first-order chi connectivity index (χ1) is 13.2. The van der Waals surface area contributed by atoms with Gasteiger partial charge in [0.25, 0.3) is 17.6 Å². The summed E-state index contributed by atoms with van der Waals surface area (Å²) in [6, 6.07) is 6.90. The lowest BCUT2D eigenvalue weighted by Gasteiger charge is -2.08. The Kier molecular flexibility index (Phi) is 6.63. The molecule has 2 N–H and O–H groups in total. The predicted octanol–water partition coefficient (Wildman–Crippen LogP) is 2.81. The van der Waals surface area contributed by atoms with Gasteiger partial charge in [0.15, 0.2) is 0 Å². The number of nitrogens with one attached hydrogen (secondary N) is 2. The van der Waals surface area contributed by atoms with Crippen LogP contribution in [0.15, 0.2) is 22.8 Å². The maximum atomic E-state index is 12.7. The molecule has 1 heterocycles. The number of Topliss-reactive ketones (excluding diaryl/α,β-unsaturated/α-hetero) is 1. The number of carbonyl (C=O) groups excluding carboxylic acids is 3. The molecule has 7 nitrogen and oxygen atoms in total. The molecule has 0 radical (unpaired) electrons. The van der Waals surface area contributed by atoms with Crippen molar-refractivity contribution in [2.75, 3.05) is 11.9 Å². The van der Waals surface area contributed by atoms with E-state index in [4.69, 9.17) is 23.3 Å². The van der Waals surface area contributed by atoms with Crippen molar-refractivity contribution < 1.29 is 14.4 Å². The number of nitrogens with zero attached hydrogens (tertiary/aromatic N) is 2. The highest BCUT2D eigenvalue weighted by Gasteiger charge is 2.30. The summed E-state index contributed by atoms with van der Waals surface area (Å²) in [7, 11) is 1.51. The Morgan fingerprint density at radius 2 is 2.04 bits per heavy atom. The molecule has 1 aromatic carbocycles. The van der Waals surface area contributed by atoms with E-state index in [0.717, 1.165) is 5.56 Å². The summed E-state index contributed by atoms with van der Waals surface area (Å²) in [5.41, 5.74) is 1.40. The summed E-state index contributed by atoms with van der Waals surface area (Å²) >= 11 is 9.44. The summed E-state index contributed by atoms with van der Waals surface area (Å²) in [5, 5.41) is 13.8. The number of aromatic nitrogens is 1. The molecule has 28 heavy (non-hydrogen) atoms. The maximum absolute atomic E-state index is 12.7. The fraction of sp³-hybridized carbons (Fsp3) is 0.158. The van der Waals surface area contributed by atoms with E-state index < -0.39 is 17.6 Å². The predicted molar refractivity (Wildman–Crippen MR) is 108 cm³/mol.